The molecule has 1 saturated heterocycles. The van der Waals surface area contributed by atoms with Crippen molar-refractivity contribution in [3.63, 3.8) is 0 Å². The number of benzene rings is 3. The first-order chi connectivity index (χ1) is 14.6. The predicted octanol–water partition coefficient (Wildman–Crippen LogP) is 5.02. The second kappa shape index (κ2) is 8.70. The number of carboxylic acids is 1. The van der Waals surface area contributed by atoms with Gasteiger partial charge in [-0.2, -0.15) is 0 Å². The Bertz CT molecular complexity index is 979. The van der Waals surface area contributed by atoms with Crippen LogP contribution >= 0.6 is 7.79 Å². The van der Waals surface area contributed by atoms with Gasteiger partial charge in [0.25, 0.3) is 0 Å². The van der Waals surface area contributed by atoms with Crippen molar-refractivity contribution in [2.24, 2.45) is 0 Å². The van der Waals surface area contributed by atoms with Crippen LogP contribution in [0.25, 0.3) is 6.08 Å². The van der Waals surface area contributed by atoms with Gasteiger partial charge in [0.1, 0.15) is 0 Å². The van der Waals surface area contributed by atoms with Crippen LogP contribution in [0.3, 0.4) is 0 Å². The van der Waals surface area contributed by atoms with Crippen LogP contribution < -0.4 is 9.34 Å². The molecule has 30 heavy (non-hydrogen) atoms. The Morgan fingerprint density at radius 1 is 0.800 bits per heavy atom. The second-order valence-electron chi connectivity index (χ2n) is 7.26. The number of rotatable bonds is 6. The molecule has 3 aromatic carbocycles. The van der Waals surface area contributed by atoms with Gasteiger partial charge in [0.15, 0.2) is 0 Å². The van der Waals surface area contributed by atoms with Crippen LogP contribution in [-0.4, -0.2) is 29.1 Å². The summed E-state index contributed by atoms with van der Waals surface area (Å²) in [5.41, 5.74) is 2.67. The number of carboxylic acid groups (broad SMARTS) is 1. The van der Waals surface area contributed by atoms with Crippen molar-refractivity contribution >= 4 is 31.2 Å². The minimum absolute atomic E-state index is 0.218. The summed E-state index contributed by atoms with van der Waals surface area (Å²) in [5.74, 6) is -0.953. The van der Waals surface area contributed by atoms with E-state index in [9.17, 15) is 14.8 Å². The van der Waals surface area contributed by atoms with E-state index in [2.05, 4.69) is 0 Å². The third-order valence-electron chi connectivity index (χ3n) is 5.35. The Balaban J connectivity index is 1.88. The van der Waals surface area contributed by atoms with E-state index in [0.717, 1.165) is 16.9 Å². The number of hydrogen-bond donors (Lipinski definition) is 2. The predicted molar refractivity (Wildman–Crippen MR) is 125 cm³/mol. The molecule has 1 fully saturated rings. The van der Waals surface area contributed by atoms with Crippen molar-refractivity contribution in [3.8, 4) is 0 Å². The molecule has 2 N–H and O–H groups in total. The normalized spacial score (nSPS) is 17.0. The Kier molecular flexibility index (Phi) is 5.84. The molecule has 0 amide bonds. The van der Waals surface area contributed by atoms with Crippen LogP contribution in [0.2, 0.25) is 0 Å². The maximum atomic E-state index is 12.3. The van der Waals surface area contributed by atoms with Crippen LogP contribution in [0, 0.1) is 0 Å². The number of nitrogens with zero attached hydrogens (tertiary/aromatic N) is 2. The van der Waals surface area contributed by atoms with Gasteiger partial charge in [-0.15, -0.1) is 0 Å². The Morgan fingerprint density at radius 3 is 1.67 bits per heavy atom. The maximum absolute atomic E-state index is 12.3. The quantitative estimate of drug-likeness (QED) is 0.549. The van der Waals surface area contributed by atoms with Crippen molar-refractivity contribution in [2.75, 3.05) is 22.4 Å². The fourth-order valence-electron chi connectivity index (χ4n) is 4.02. The molecule has 0 atom stereocenters. The van der Waals surface area contributed by atoms with E-state index in [-0.39, 0.29) is 6.42 Å². The van der Waals surface area contributed by atoms with Crippen molar-refractivity contribution < 1.29 is 14.8 Å². The number of para-hydroxylation sites is 2. The van der Waals surface area contributed by atoms with Crippen molar-refractivity contribution in [3.05, 3.63) is 102 Å². The molecule has 0 bridgehead atoms. The van der Waals surface area contributed by atoms with E-state index in [1.54, 1.807) is 0 Å². The molecule has 0 spiro atoms. The average Bonchev–Trinajstić information content (AvgIpc) is 3.13. The zero-order valence-corrected chi connectivity index (χ0v) is 17.6. The van der Waals surface area contributed by atoms with E-state index in [1.807, 2.05) is 106 Å². The van der Waals surface area contributed by atoms with E-state index in [0.29, 0.717) is 18.4 Å². The third-order valence-corrected chi connectivity index (χ3v) is 9.00. The Hall–Kier alpha value is -3.14. The molecular weight excluding hydrogens is 395 g/mol. The summed E-state index contributed by atoms with van der Waals surface area (Å²) in [5, 5.41) is 10.2. The van der Waals surface area contributed by atoms with Crippen molar-refractivity contribution in [1.29, 1.82) is 0 Å². The van der Waals surface area contributed by atoms with Gasteiger partial charge in [-0.05, 0) is 0 Å². The summed E-state index contributed by atoms with van der Waals surface area (Å²) in [6.07, 6.45) is 1.63. The standard InChI is InChI=1S/C24H25N2O3P/c27-24(28)19-23(18-20-10-4-1-5-11-20)30(29)25(21-12-6-2-7-13-21)16-17-26(30)22-14-8-3-9-15-22/h1-15,18,29-30H,16-17,19H2,(H,27,28)/b23-18+. The third kappa shape index (κ3) is 3.95. The van der Waals surface area contributed by atoms with Gasteiger partial charge in [0.2, 0.25) is 0 Å². The molecule has 3 aromatic rings. The molecular formula is C24H25N2O3P. The molecule has 1 heterocycles. The van der Waals surface area contributed by atoms with Gasteiger partial charge >= 0.3 is 177 Å². The Morgan fingerprint density at radius 2 is 1.23 bits per heavy atom. The fourth-order valence-corrected chi connectivity index (χ4v) is 7.59. The van der Waals surface area contributed by atoms with Crippen molar-refractivity contribution in [2.45, 2.75) is 6.42 Å². The van der Waals surface area contributed by atoms with Crippen LogP contribution in [0.4, 0.5) is 11.4 Å². The van der Waals surface area contributed by atoms with Crippen LogP contribution in [0.1, 0.15) is 12.0 Å². The van der Waals surface area contributed by atoms with Crippen molar-refractivity contribution in [1.82, 2.24) is 0 Å². The summed E-state index contributed by atoms with van der Waals surface area (Å²) >= 11 is 0. The van der Waals surface area contributed by atoms with Gasteiger partial charge < -0.3 is 0 Å². The molecule has 0 radical (unpaired) electrons. The van der Waals surface area contributed by atoms with E-state index < -0.39 is 13.8 Å². The first-order valence-electron chi connectivity index (χ1n) is 9.94. The molecule has 0 aliphatic carbocycles. The van der Waals surface area contributed by atoms with Crippen LogP contribution in [0.5, 0.6) is 0 Å². The fraction of sp³-hybridized carbons (Fsp3) is 0.125. The first kappa shape index (κ1) is 20.1. The number of anilines is 2. The zero-order chi connectivity index (χ0) is 21.0. The first-order valence-corrected chi connectivity index (χ1v) is 11.8. The molecule has 4 rings (SSSR count). The Labute approximate surface area is 177 Å². The SMILES string of the molecule is O=C(O)C/C(=C\c1ccccc1)[PH]1(O)N(c2ccccc2)CCN1c1ccccc1. The summed E-state index contributed by atoms with van der Waals surface area (Å²) in [6, 6.07) is 29.1. The van der Waals surface area contributed by atoms with E-state index in [1.165, 1.54) is 0 Å². The van der Waals surface area contributed by atoms with E-state index in [4.69, 9.17) is 0 Å². The molecule has 6 heteroatoms. The summed E-state index contributed by atoms with van der Waals surface area (Å²) in [4.78, 5) is 24.2. The molecule has 1 aliphatic heterocycles. The summed E-state index contributed by atoms with van der Waals surface area (Å²) in [6.45, 7) is 1.24. The van der Waals surface area contributed by atoms with Gasteiger partial charge in [-0.3, -0.25) is 0 Å². The van der Waals surface area contributed by atoms with E-state index >= 15 is 0 Å². The molecule has 154 valence electrons. The van der Waals surface area contributed by atoms with Gasteiger partial charge in [0, 0.05) is 0 Å². The minimum atomic E-state index is -3.55. The monoisotopic (exact) mass is 420 g/mol. The molecule has 5 nitrogen and oxygen atoms in total. The molecule has 1 aliphatic rings. The second-order valence-corrected chi connectivity index (χ2v) is 10.3. The molecule has 0 aromatic heterocycles. The number of carbonyl (C=O) groups is 1. The number of aliphatic carboxylic acids is 1. The number of hydrogen-bond acceptors (Lipinski definition) is 4. The van der Waals surface area contributed by atoms with Gasteiger partial charge in [-0.25, -0.2) is 0 Å². The van der Waals surface area contributed by atoms with Gasteiger partial charge in [-0.1, -0.05) is 0 Å². The summed E-state index contributed by atoms with van der Waals surface area (Å²) in [7, 11) is -3.55. The van der Waals surface area contributed by atoms with Crippen LogP contribution in [-0.2, 0) is 4.79 Å². The molecule has 0 unspecified atom stereocenters. The topological polar surface area (TPSA) is 64.0 Å². The van der Waals surface area contributed by atoms with Gasteiger partial charge in [0.05, 0.1) is 0 Å². The summed E-state index contributed by atoms with van der Waals surface area (Å²) < 4.78 is 4.02. The molecule has 0 saturated carbocycles. The average molecular weight is 420 g/mol. The zero-order valence-electron chi connectivity index (χ0n) is 16.6. The van der Waals surface area contributed by atoms with Crippen LogP contribution in [0.15, 0.2) is 96.3 Å².